The van der Waals surface area contributed by atoms with Crippen molar-refractivity contribution in [2.45, 2.75) is 11.6 Å². The number of hydrogen-bond acceptors (Lipinski definition) is 3. The van der Waals surface area contributed by atoms with Crippen molar-refractivity contribution >= 4 is 5.97 Å². The van der Waals surface area contributed by atoms with E-state index in [9.17, 15) is 9.90 Å². The number of nitrogens with two attached hydrogens (primary N) is 1. The summed E-state index contributed by atoms with van der Waals surface area (Å²) in [6.45, 7) is 0. The molecule has 0 aliphatic carbocycles. The van der Waals surface area contributed by atoms with Crippen LogP contribution in [0.3, 0.4) is 0 Å². The Kier molecular flexibility index (Phi) is 4.17. The Labute approximate surface area is 117 Å². The number of benzene rings is 2. The van der Waals surface area contributed by atoms with E-state index < -0.39 is 17.6 Å². The van der Waals surface area contributed by atoms with Gasteiger partial charge in [0.2, 0.25) is 0 Å². The highest BCUT2D eigenvalue weighted by molar-refractivity contribution is 5.81. The van der Waals surface area contributed by atoms with E-state index in [-0.39, 0.29) is 0 Å². The van der Waals surface area contributed by atoms with Crippen molar-refractivity contribution in [3.05, 3.63) is 71.8 Å². The van der Waals surface area contributed by atoms with E-state index in [4.69, 9.17) is 10.5 Å². The summed E-state index contributed by atoms with van der Waals surface area (Å²) in [6, 6.07) is 17.9. The Morgan fingerprint density at radius 1 is 1.10 bits per heavy atom. The molecule has 3 N–H and O–H groups in total. The van der Waals surface area contributed by atoms with Crippen LogP contribution in [0.5, 0.6) is 0 Å². The Bertz CT molecular complexity index is 571. The fraction of sp³-hybridized carbons (Fsp3) is 0.188. The van der Waals surface area contributed by atoms with Crippen LogP contribution in [0.4, 0.5) is 0 Å². The lowest BCUT2D eigenvalue weighted by atomic mass is 9.82. The molecule has 20 heavy (non-hydrogen) atoms. The van der Waals surface area contributed by atoms with Crippen molar-refractivity contribution in [1.29, 1.82) is 0 Å². The van der Waals surface area contributed by atoms with Gasteiger partial charge in [0.15, 0.2) is 5.54 Å². The summed E-state index contributed by atoms with van der Waals surface area (Å²) in [5.41, 5.74) is 5.81. The molecule has 0 radical (unpaired) electrons. The summed E-state index contributed by atoms with van der Waals surface area (Å²) in [7, 11) is 1.46. The molecule has 2 atom stereocenters. The standard InChI is InChI=1S/C16H17NO3/c1-20-14(12-8-4-2-5-9-12)16(17,15(18)19)13-10-6-3-7-11-13/h2-11,14H,17H2,1H3,(H,18,19). The largest absolute Gasteiger partial charge is 0.480 e. The molecule has 4 heteroatoms. The molecule has 0 amide bonds. The van der Waals surface area contributed by atoms with Crippen molar-refractivity contribution in [3.8, 4) is 0 Å². The lowest BCUT2D eigenvalue weighted by Gasteiger charge is -2.33. The van der Waals surface area contributed by atoms with E-state index in [1.54, 1.807) is 24.3 Å². The average Bonchev–Trinajstić information content (AvgIpc) is 2.49. The molecule has 2 rings (SSSR count). The van der Waals surface area contributed by atoms with Crippen LogP contribution in [0.25, 0.3) is 0 Å². The highest BCUT2D eigenvalue weighted by atomic mass is 16.5. The van der Waals surface area contributed by atoms with Crippen LogP contribution in [0.2, 0.25) is 0 Å². The van der Waals surface area contributed by atoms with Gasteiger partial charge in [-0.25, -0.2) is 4.79 Å². The summed E-state index contributed by atoms with van der Waals surface area (Å²) >= 11 is 0. The fourth-order valence-electron chi connectivity index (χ4n) is 2.31. The zero-order valence-corrected chi connectivity index (χ0v) is 11.2. The van der Waals surface area contributed by atoms with Crippen LogP contribution >= 0.6 is 0 Å². The van der Waals surface area contributed by atoms with E-state index >= 15 is 0 Å². The van der Waals surface area contributed by atoms with Crippen molar-refractivity contribution in [1.82, 2.24) is 0 Å². The van der Waals surface area contributed by atoms with Gasteiger partial charge < -0.3 is 15.6 Å². The maximum Gasteiger partial charge on any atom is 0.331 e. The van der Waals surface area contributed by atoms with Crippen LogP contribution in [0, 0.1) is 0 Å². The van der Waals surface area contributed by atoms with Crippen molar-refractivity contribution in [2.24, 2.45) is 5.73 Å². The molecule has 2 unspecified atom stereocenters. The second-order valence-corrected chi connectivity index (χ2v) is 4.57. The SMILES string of the molecule is COC(c1ccccc1)C(N)(C(=O)O)c1ccccc1. The lowest BCUT2D eigenvalue weighted by Crippen LogP contribution is -2.50. The van der Waals surface area contributed by atoms with E-state index in [1.165, 1.54) is 7.11 Å². The Morgan fingerprint density at radius 3 is 2.05 bits per heavy atom. The number of aliphatic carboxylic acids is 1. The lowest BCUT2D eigenvalue weighted by molar-refractivity contribution is -0.150. The summed E-state index contributed by atoms with van der Waals surface area (Å²) in [5.74, 6) is -1.13. The Morgan fingerprint density at radius 2 is 1.60 bits per heavy atom. The first kappa shape index (κ1) is 14.2. The van der Waals surface area contributed by atoms with Gasteiger partial charge >= 0.3 is 5.97 Å². The van der Waals surface area contributed by atoms with Gasteiger partial charge in [0.05, 0.1) is 0 Å². The molecule has 0 spiro atoms. The Balaban J connectivity index is 2.55. The summed E-state index contributed by atoms with van der Waals surface area (Å²) < 4.78 is 5.41. The van der Waals surface area contributed by atoms with E-state index in [2.05, 4.69) is 0 Å². The van der Waals surface area contributed by atoms with Crippen LogP contribution in [0.1, 0.15) is 17.2 Å². The predicted molar refractivity (Wildman–Crippen MR) is 76.1 cm³/mol. The molecule has 0 aliphatic rings. The molecule has 4 nitrogen and oxygen atoms in total. The smallest absolute Gasteiger partial charge is 0.331 e. The third-order valence-corrected chi connectivity index (χ3v) is 3.36. The van der Waals surface area contributed by atoms with Gasteiger partial charge in [0.25, 0.3) is 0 Å². The molecule has 0 saturated carbocycles. The molecule has 2 aromatic carbocycles. The van der Waals surface area contributed by atoms with Gasteiger partial charge in [-0.3, -0.25) is 0 Å². The topological polar surface area (TPSA) is 72.5 Å². The highest BCUT2D eigenvalue weighted by Gasteiger charge is 2.45. The molecule has 2 aromatic rings. The summed E-state index contributed by atoms with van der Waals surface area (Å²) in [6.07, 6.45) is -0.774. The van der Waals surface area contributed by atoms with Crippen LogP contribution in [-0.4, -0.2) is 18.2 Å². The minimum atomic E-state index is -1.64. The van der Waals surface area contributed by atoms with Gasteiger partial charge in [-0.1, -0.05) is 60.7 Å². The normalized spacial score (nSPS) is 15.3. The van der Waals surface area contributed by atoms with Gasteiger partial charge in [-0.05, 0) is 11.1 Å². The maximum absolute atomic E-state index is 11.8. The number of carboxylic acid groups (broad SMARTS) is 1. The molecule has 0 bridgehead atoms. The molecular weight excluding hydrogens is 254 g/mol. The molecule has 104 valence electrons. The van der Waals surface area contributed by atoms with Crippen LogP contribution in [0.15, 0.2) is 60.7 Å². The predicted octanol–water partition coefficient (Wildman–Crippen LogP) is 2.31. The van der Waals surface area contributed by atoms with Crippen molar-refractivity contribution in [2.75, 3.05) is 7.11 Å². The molecule has 0 saturated heterocycles. The minimum absolute atomic E-state index is 0.503. The van der Waals surface area contributed by atoms with E-state index in [1.807, 2.05) is 36.4 Å². The first-order valence-corrected chi connectivity index (χ1v) is 6.26. The van der Waals surface area contributed by atoms with Gasteiger partial charge in [-0.15, -0.1) is 0 Å². The van der Waals surface area contributed by atoms with Gasteiger partial charge in [-0.2, -0.15) is 0 Å². The number of methoxy groups -OCH3 is 1. The minimum Gasteiger partial charge on any atom is -0.480 e. The number of carboxylic acids is 1. The summed E-state index contributed by atoms with van der Waals surface area (Å²) in [4.78, 5) is 11.8. The second kappa shape index (κ2) is 5.86. The number of rotatable bonds is 5. The third kappa shape index (κ3) is 2.43. The molecule has 0 heterocycles. The van der Waals surface area contributed by atoms with Crippen molar-refractivity contribution in [3.63, 3.8) is 0 Å². The van der Waals surface area contributed by atoms with E-state index in [0.717, 1.165) is 5.56 Å². The number of ether oxygens (including phenoxy) is 1. The van der Waals surface area contributed by atoms with Crippen LogP contribution in [-0.2, 0) is 15.1 Å². The molecule has 0 aliphatic heterocycles. The third-order valence-electron chi connectivity index (χ3n) is 3.36. The molecule has 0 aromatic heterocycles. The highest BCUT2D eigenvalue weighted by Crippen LogP contribution is 2.35. The van der Waals surface area contributed by atoms with E-state index in [0.29, 0.717) is 5.56 Å². The quantitative estimate of drug-likeness (QED) is 0.875. The maximum atomic E-state index is 11.8. The first-order chi connectivity index (χ1) is 9.60. The average molecular weight is 271 g/mol. The van der Waals surface area contributed by atoms with Gasteiger partial charge in [0, 0.05) is 7.11 Å². The van der Waals surface area contributed by atoms with Crippen LogP contribution < -0.4 is 5.73 Å². The monoisotopic (exact) mass is 271 g/mol. The van der Waals surface area contributed by atoms with Crippen molar-refractivity contribution < 1.29 is 14.6 Å². The fourth-order valence-corrected chi connectivity index (χ4v) is 2.31. The molecular formula is C16H17NO3. The number of hydrogen-bond donors (Lipinski definition) is 2. The zero-order valence-electron chi connectivity index (χ0n) is 11.2. The van der Waals surface area contributed by atoms with Gasteiger partial charge in [0.1, 0.15) is 6.10 Å². The zero-order chi connectivity index (χ0) is 14.6. The Hall–Kier alpha value is -2.17. The number of carbonyl (C=O) groups is 1. The molecule has 0 fully saturated rings. The second-order valence-electron chi connectivity index (χ2n) is 4.57. The summed E-state index contributed by atoms with van der Waals surface area (Å²) in [5, 5.41) is 9.64. The first-order valence-electron chi connectivity index (χ1n) is 6.26.